The summed E-state index contributed by atoms with van der Waals surface area (Å²) in [6.07, 6.45) is 1.49. The molecule has 9 nitrogen and oxygen atoms in total. The van der Waals surface area contributed by atoms with Crippen molar-refractivity contribution in [2.45, 2.75) is 0 Å². The third-order valence-corrected chi connectivity index (χ3v) is 4.88. The van der Waals surface area contributed by atoms with Crippen molar-refractivity contribution < 1.29 is 9.66 Å². The van der Waals surface area contributed by atoms with E-state index in [2.05, 4.69) is 9.88 Å². The molecule has 0 saturated carbocycles. The van der Waals surface area contributed by atoms with E-state index in [1.165, 1.54) is 10.6 Å². The number of pyridine rings is 1. The van der Waals surface area contributed by atoms with Gasteiger partial charge in [-0.3, -0.25) is 19.3 Å². The molecule has 28 heavy (non-hydrogen) atoms. The zero-order valence-electron chi connectivity index (χ0n) is 15.3. The highest BCUT2D eigenvalue weighted by Crippen LogP contribution is 2.30. The molecule has 9 heteroatoms. The minimum Gasteiger partial charge on any atom is -0.495 e. The molecule has 0 amide bonds. The second kappa shape index (κ2) is 7.18. The molecule has 0 atom stereocenters. The van der Waals surface area contributed by atoms with Gasteiger partial charge >= 0.3 is 11.2 Å². The summed E-state index contributed by atoms with van der Waals surface area (Å²) in [4.78, 5) is 32.0. The van der Waals surface area contributed by atoms with Gasteiger partial charge in [0.1, 0.15) is 11.4 Å². The molecule has 0 bridgehead atoms. The first-order valence-corrected chi connectivity index (χ1v) is 8.89. The van der Waals surface area contributed by atoms with Crippen molar-refractivity contribution in [2.24, 2.45) is 0 Å². The van der Waals surface area contributed by atoms with Gasteiger partial charge in [0.25, 0.3) is 0 Å². The average Bonchev–Trinajstić information content (AvgIpc) is 2.73. The van der Waals surface area contributed by atoms with E-state index >= 15 is 0 Å². The number of aromatic nitrogens is 2. The number of benzene rings is 1. The molecule has 3 heterocycles. The SMILES string of the molecule is COc1ccccc1N1CCN(c2nc3ccccn3c(=O)c2[N+](=O)[O-])CC1. The van der Waals surface area contributed by atoms with E-state index in [0.717, 1.165) is 11.4 Å². The number of hydrogen-bond acceptors (Lipinski definition) is 7. The number of fused-ring (bicyclic) bond motifs is 1. The van der Waals surface area contributed by atoms with Crippen LogP contribution < -0.4 is 20.1 Å². The van der Waals surface area contributed by atoms with Gasteiger partial charge in [-0.1, -0.05) is 18.2 Å². The number of methoxy groups -OCH3 is 1. The molecule has 1 fully saturated rings. The molecule has 0 aliphatic carbocycles. The smallest absolute Gasteiger partial charge is 0.376 e. The standard InChI is InChI=1S/C19H19N5O4/c1-28-15-7-3-2-6-14(15)21-10-12-22(13-11-21)18-17(24(26)27)19(25)23-9-5-4-8-16(23)20-18/h2-9H,10-13H2,1H3. The molecule has 0 radical (unpaired) electrons. The van der Waals surface area contributed by atoms with E-state index in [-0.39, 0.29) is 5.82 Å². The molecule has 1 aliphatic heterocycles. The zero-order valence-corrected chi connectivity index (χ0v) is 15.3. The highest BCUT2D eigenvalue weighted by molar-refractivity contribution is 5.64. The summed E-state index contributed by atoms with van der Waals surface area (Å²) in [5.41, 5.74) is 0.207. The third kappa shape index (κ3) is 3.00. The molecular formula is C19H19N5O4. The highest BCUT2D eigenvalue weighted by Gasteiger charge is 2.30. The van der Waals surface area contributed by atoms with Crippen LogP contribution in [-0.4, -0.2) is 47.6 Å². The maximum Gasteiger partial charge on any atom is 0.376 e. The summed E-state index contributed by atoms with van der Waals surface area (Å²) < 4.78 is 6.62. The fraction of sp³-hybridized carbons (Fsp3) is 0.263. The summed E-state index contributed by atoms with van der Waals surface area (Å²) >= 11 is 0. The van der Waals surface area contributed by atoms with Crippen molar-refractivity contribution in [3.63, 3.8) is 0 Å². The van der Waals surface area contributed by atoms with Gasteiger partial charge in [0.05, 0.1) is 17.7 Å². The van der Waals surface area contributed by atoms with Gasteiger partial charge in [0.2, 0.25) is 5.82 Å². The van der Waals surface area contributed by atoms with Crippen molar-refractivity contribution in [3.8, 4) is 5.75 Å². The highest BCUT2D eigenvalue weighted by atomic mass is 16.6. The summed E-state index contributed by atoms with van der Waals surface area (Å²) in [6, 6.07) is 12.8. The number of rotatable bonds is 4. The lowest BCUT2D eigenvalue weighted by atomic mass is 10.2. The topological polar surface area (TPSA) is 93.2 Å². The Kier molecular flexibility index (Phi) is 4.56. The van der Waals surface area contributed by atoms with E-state index in [9.17, 15) is 14.9 Å². The molecule has 0 unspecified atom stereocenters. The number of hydrogen-bond donors (Lipinski definition) is 0. The number of para-hydroxylation sites is 2. The van der Waals surface area contributed by atoms with Crippen LogP contribution >= 0.6 is 0 Å². The van der Waals surface area contributed by atoms with Crippen molar-refractivity contribution in [2.75, 3.05) is 43.1 Å². The van der Waals surface area contributed by atoms with E-state index in [0.29, 0.717) is 31.8 Å². The van der Waals surface area contributed by atoms with Gasteiger partial charge < -0.3 is 14.5 Å². The Morgan fingerprint density at radius 2 is 1.71 bits per heavy atom. The maximum absolute atomic E-state index is 12.6. The Hall–Kier alpha value is -3.62. The molecule has 0 N–H and O–H groups in total. The van der Waals surface area contributed by atoms with E-state index in [4.69, 9.17) is 4.74 Å². The van der Waals surface area contributed by atoms with Crippen LogP contribution in [0.1, 0.15) is 0 Å². The fourth-order valence-corrected chi connectivity index (χ4v) is 3.50. The van der Waals surface area contributed by atoms with Gasteiger partial charge in [-0.2, -0.15) is 0 Å². The first kappa shape index (κ1) is 17.8. The van der Waals surface area contributed by atoms with Crippen molar-refractivity contribution in [3.05, 3.63) is 69.1 Å². The van der Waals surface area contributed by atoms with Crippen molar-refractivity contribution in [1.82, 2.24) is 9.38 Å². The summed E-state index contributed by atoms with van der Waals surface area (Å²) in [7, 11) is 1.63. The van der Waals surface area contributed by atoms with Crippen LogP contribution in [0.25, 0.3) is 5.65 Å². The lowest BCUT2D eigenvalue weighted by Crippen LogP contribution is -2.47. The van der Waals surface area contributed by atoms with E-state index in [1.54, 1.807) is 30.2 Å². The van der Waals surface area contributed by atoms with Crippen molar-refractivity contribution >= 4 is 22.8 Å². The van der Waals surface area contributed by atoms with Crippen LogP contribution in [0.15, 0.2) is 53.5 Å². The normalized spacial score (nSPS) is 14.3. The fourth-order valence-electron chi connectivity index (χ4n) is 3.50. The minimum absolute atomic E-state index is 0.126. The van der Waals surface area contributed by atoms with Crippen molar-refractivity contribution in [1.29, 1.82) is 0 Å². The second-order valence-electron chi connectivity index (χ2n) is 6.42. The van der Waals surface area contributed by atoms with Crippen LogP contribution in [0, 0.1) is 10.1 Å². The largest absolute Gasteiger partial charge is 0.495 e. The number of nitrogens with zero attached hydrogens (tertiary/aromatic N) is 5. The lowest BCUT2D eigenvalue weighted by molar-refractivity contribution is -0.385. The first-order chi connectivity index (χ1) is 13.6. The molecule has 2 aromatic heterocycles. The molecular weight excluding hydrogens is 362 g/mol. The number of nitro groups is 1. The minimum atomic E-state index is -0.669. The van der Waals surface area contributed by atoms with Crippen LogP contribution in [0.3, 0.4) is 0 Å². The predicted octanol–water partition coefficient (Wildman–Crippen LogP) is 1.94. The molecule has 1 aromatic carbocycles. The third-order valence-electron chi connectivity index (χ3n) is 4.88. The molecule has 144 valence electrons. The van der Waals surface area contributed by atoms with Gasteiger partial charge in [0.15, 0.2) is 0 Å². The predicted molar refractivity (Wildman–Crippen MR) is 106 cm³/mol. The number of piperazine rings is 1. The van der Waals surface area contributed by atoms with Gasteiger partial charge in [-0.25, -0.2) is 4.98 Å². The Bertz CT molecular complexity index is 1090. The maximum atomic E-state index is 12.6. The van der Waals surface area contributed by atoms with E-state index < -0.39 is 16.2 Å². The van der Waals surface area contributed by atoms with Crippen LogP contribution in [0.5, 0.6) is 5.75 Å². The Morgan fingerprint density at radius 3 is 2.43 bits per heavy atom. The lowest BCUT2D eigenvalue weighted by Gasteiger charge is -2.36. The average molecular weight is 381 g/mol. The molecule has 3 aromatic rings. The Labute approximate surface area is 160 Å². The summed E-state index contributed by atoms with van der Waals surface area (Å²) in [5.74, 6) is 0.907. The second-order valence-corrected chi connectivity index (χ2v) is 6.42. The van der Waals surface area contributed by atoms with Crippen LogP contribution in [0.2, 0.25) is 0 Å². The molecule has 1 saturated heterocycles. The molecule has 4 rings (SSSR count). The number of anilines is 2. The van der Waals surface area contributed by atoms with Gasteiger partial charge in [0, 0.05) is 32.4 Å². The Morgan fingerprint density at radius 1 is 1.04 bits per heavy atom. The van der Waals surface area contributed by atoms with Gasteiger partial charge in [-0.15, -0.1) is 0 Å². The Balaban J connectivity index is 1.66. The van der Waals surface area contributed by atoms with Gasteiger partial charge in [-0.05, 0) is 24.3 Å². The number of ether oxygens (including phenoxy) is 1. The van der Waals surface area contributed by atoms with Crippen LogP contribution in [-0.2, 0) is 0 Å². The first-order valence-electron chi connectivity index (χ1n) is 8.89. The molecule has 1 aliphatic rings. The molecule has 0 spiro atoms. The van der Waals surface area contributed by atoms with Crippen LogP contribution in [0.4, 0.5) is 17.2 Å². The zero-order chi connectivity index (χ0) is 19.7. The summed E-state index contributed by atoms with van der Waals surface area (Å²) in [6.45, 7) is 2.28. The monoisotopic (exact) mass is 381 g/mol. The quantitative estimate of drug-likeness (QED) is 0.504. The summed E-state index contributed by atoms with van der Waals surface area (Å²) in [5, 5.41) is 11.6. The van der Waals surface area contributed by atoms with E-state index in [1.807, 2.05) is 24.3 Å².